The maximum Gasteiger partial charge on any atom is 0.494 e. The Labute approximate surface area is 112 Å². The second kappa shape index (κ2) is 5.28. The van der Waals surface area contributed by atoms with E-state index in [1.807, 2.05) is 0 Å². The van der Waals surface area contributed by atoms with Gasteiger partial charge in [0, 0.05) is 0 Å². The van der Waals surface area contributed by atoms with Crippen LogP contribution in [0.4, 0.5) is 48.3 Å². The zero-order valence-electron chi connectivity index (χ0n) is 9.51. The van der Waals surface area contributed by atoms with Crippen LogP contribution in [0, 0.1) is 29.1 Å². The first-order valence-electron chi connectivity index (χ1n) is 4.70. The summed E-state index contributed by atoms with van der Waals surface area (Å²) >= 11 is 0. The van der Waals surface area contributed by atoms with Gasteiger partial charge in [-0.25, -0.2) is 22.0 Å². The van der Waals surface area contributed by atoms with Crippen molar-refractivity contribution in [2.45, 2.75) is 12.6 Å². The summed E-state index contributed by atoms with van der Waals surface area (Å²) in [7, 11) is 0. The number of halogens is 11. The van der Waals surface area contributed by atoms with E-state index in [1.54, 1.807) is 0 Å². The molecule has 1 rings (SSSR count). The molecule has 0 saturated heterocycles. The molecule has 0 saturated carbocycles. The third-order valence-corrected chi connectivity index (χ3v) is 2.13. The highest BCUT2D eigenvalue weighted by Gasteiger charge is 2.58. The van der Waals surface area contributed by atoms with Gasteiger partial charge in [-0.2, -0.15) is 4.90 Å². The Morgan fingerprint density at radius 1 is 0.636 bits per heavy atom. The Bertz CT molecular complexity index is 574. The molecule has 1 aromatic rings. The molecule has 124 valence electrons. The molecule has 0 radical (unpaired) electrons. The Hall–Kier alpha value is -2.08. The summed E-state index contributed by atoms with van der Waals surface area (Å²) in [6.45, 7) is 0. The lowest BCUT2D eigenvalue weighted by atomic mass is 10.1. The topological polar surface area (TPSA) is 20.3 Å². The van der Waals surface area contributed by atoms with Gasteiger partial charge in [0.25, 0.3) is 5.91 Å². The van der Waals surface area contributed by atoms with Crippen molar-refractivity contribution in [1.29, 1.82) is 0 Å². The highest BCUT2D eigenvalue weighted by atomic mass is 19.4. The smallest absolute Gasteiger partial charge is 0.268 e. The summed E-state index contributed by atoms with van der Waals surface area (Å²) in [4.78, 5) is 8.13. The minimum absolute atomic E-state index is 2.85. The molecule has 0 heterocycles. The third-order valence-electron chi connectivity index (χ3n) is 2.13. The summed E-state index contributed by atoms with van der Waals surface area (Å²) in [5.74, 6) is -18.3. The lowest BCUT2D eigenvalue weighted by Gasteiger charge is -2.26. The summed E-state index contributed by atoms with van der Waals surface area (Å²) in [6, 6.07) is 0. The first-order chi connectivity index (χ1) is 9.71. The summed E-state index contributed by atoms with van der Waals surface area (Å²) < 4.78 is 137. The molecule has 1 aromatic carbocycles. The van der Waals surface area contributed by atoms with Crippen LogP contribution < -0.4 is 0 Å². The molecule has 22 heavy (non-hydrogen) atoms. The average Bonchev–Trinajstić information content (AvgIpc) is 2.30. The van der Waals surface area contributed by atoms with Crippen LogP contribution in [0.3, 0.4) is 0 Å². The van der Waals surface area contributed by atoms with Crippen molar-refractivity contribution in [2.24, 2.45) is 0 Å². The summed E-state index contributed by atoms with van der Waals surface area (Å²) in [6.07, 6.45) is -13.0. The van der Waals surface area contributed by atoms with E-state index < -0.39 is 58.1 Å². The second-order valence-electron chi connectivity index (χ2n) is 3.52. The van der Waals surface area contributed by atoms with Crippen molar-refractivity contribution in [3.8, 4) is 0 Å². The molecule has 0 aliphatic rings. The molecule has 0 N–H and O–H groups in total. The van der Waals surface area contributed by atoms with E-state index in [0.29, 0.717) is 0 Å². The van der Waals surface area contributed by atoms with E-state index in [1.165, 1.54) is 0 Å². The molecule has 0 aliphatic carbocycles. The van der Waals surface area contributed by atoms with Gasteiger partial charge in [-0.1, -0.05) is 0 Å². The van der Waals surface area contributed by atoms with E-state index in [-0.39, 0.29) is 0 Å². The molecule has 0 aromatic heterocycles. The van der Waals surface area contributed by atoms with Crippen molar-refractivity contribution in [3.63, 3.8) is 0 Å². The first kappa shape index (κ1) is 18.0. The maximum absolute atomic E-state index is 13.1. The second-order valence-corrected chi connectivity index (χ2v) is 3.52. The SMILES string of the molecule is O=C(c1c(F)c(F)c(F)c(F)c1F)N(C(F)(F)F)C(F)(F)F. The Morgan fingerprint density at radius 3 is 1.18 bits per heavy atom. The van der Waals surface area contributed by atoms with Crippen LogP contribution in [0.15, 0.2) is 0 Å². The van der Waals surface area contributed by atoms with Gasteiger partial charge in [0.15, 0.2) is 23.3 Å². The van der Waals surface area contributed by atoms with Gasteiger partial charge < -0.3 is 0 Å². The van der Waals surface area contributed by atoms with Crippen molar-refractivity contribution in [3.05, 3.63) is 34.6 Å². The van der Waals surface area contributed by atoms with Crippen LogP contribution in [0.5, 0.6) is 0 Å². The minimum atomic E-state index is -6.52. The average molecular weight is 347 g/mol. The molecule has 2 nitrogen and oxygen atoms in total. The number of carbonyl (C=O) groups excluding carboxylic acids is 1. The van der Waals surface area contributed by atoms with Crippen LogP contribution in [0.1, 0.15) is 10.4 Å². The first-order valence-corrected chi connectivity index (χ1v) is 4.70. The maximum atomic E-state index is 13.1. The Kier molecular flexibility index (Phi) is 4.31. The van der Waals surface area contributed by atoms with Crippen LogP contribution in [-0.4, -0.2) is 23.4 Å². The van der Waals surface area contributed by atoms with E-state index in [2.05, 4.69) is 0 Å². The molecule has 0 spiro atoms. The standard InChI is InChI=1S/C9F11NO/c10-2-1(3(11)5(13)6(14)4(2)12)7(22)21(8(15,16)17)9(18,19)20. The zero-order valence-corrected chi connectivity index (χ0v) is 9.51. The Morgan fingerprint density at radius 2 is 0.909 bits per heavy atom. The predicted molar refractivity (Wildman–Crippen MR) is 44.5 cm³/mol. The van der Waals surface area contributed by atoms with Crippen LogP contribution in [-0.2, 0) is 0 Å². The zero-order chi connectivity index (χ0) is 17.6. The number of alkyl halides is 6. The van der Waals surface area contributed by atoms with Crippen LogP contribution >= 0.6 is 0 Å². The van der Waals surface area contributed by atoms with Crippen molar-refractivity contribution in [2.75, 3.05) is 0 Å². The molecular formula is C9F11NO. The summed E-state index contributed by atoms with van der Waals surface area (Å²) in [5, 5.41) is 0. The molecule has 0 unspecified atom stereocenters. The van der Waals surface area contributed by atoms with Gasteiger partial charge >= 0.3 is 12.6 Å². The van der Waals surface area contributed by atoms with Crippen LogP contribution in [0.2, 0.25) is 0 Å². The predicted octanol–water partition coefficient (Wildman–Crippen LogP) is 3.86. The fraction of sp³-hybridized carbons (Fsp3) is 0.222. The minimum Gasteiger partial charge on any atom is -0.268 e. The quantitative estimate of drug-likeness (QED) is 0.327. The normalized spacial score (nSPS) is 12.5. The van der Waals surface area contributed by atoms with E-state index in [0.717, 1.165) is 0 Å². The van der Waals surface area contributed by atoms with Crippen molar-refractivity contribution < 1.29 is 53.1 Å². The Balaban J connectivity index is 3.65. The van der Waals surface area contributed by atoms with Gasteiger partial charge in [-0.15, -0.1) is 26.3 Å². The highest BCUT2D eigenvalue weighted by molar-refractivity contribution is 5.95. The third kappa shape index (κ3) is 2.92. The lowest BCUT2D eigenvalue weighted by molar-refractivity contribution is -0.348. The summed E-state index contributed by atoms with van der Waals surface area (Å²) in [5.41, 5.74) is -2.88. The lowest BCUT2D eigenvalue weighted by Crippen LogP contribution is -2.52. The number of hydrogen-bond acceptors (Lipinski definition) is 1. The highest BCUT2D eigenvalue weighted by Crippen LogP contribution is 2.36. The van der Waals surface area contributed by atoms with Gasteiger partial charge in [0.2, 0.25) is 5.82 Å². The van der Waals surface area contributed by atoms with Gasteiger partial charge in [-0.3, -0.25) is 4.79 Å². The molecule has 0 atom stereocenters. The van der Waals surface area contributed by atoms with E-state index >= 15 is 0 Å². The molecule has 13 heteroatoms. The largest absolute Gasteiger partial charge is 0.494 e. The number of benzene rings is 1. The molecule has 1 amide bonds. The van der Waals surface area contributed by atoms with Crippen molar-refractivity contribution in [1.82, 2.24) is 4.90 Å². The molecular weight excluding hydrogens is 347 g/mol. The van der Waals surface area contributed by atoms with Gasteiger partial charge in [0.05, 0.1) is 0 Å². The number of nitrogens with zero attached hydrogens (tertiary/aromatic N) is 1. The molecule has 0 fully saturated rings. The molecule has 0 bridgehead atoms. The fourth-order valence-electron chi connectivity index (χ4n) is 1.28. The van der Waals surface area contributed by atoms with Gasteiger partial charge in [0.1, 0.15) is 5.56 Å². The number of amides is 1. The number of carbonyl (C=O) groups is 1. The van der Waals surface area contributed by atoms with Gasteiger partial charge in [-0.05, 0) is 0 Å². The number of hydrogen-bond donors (Lipinski definition) is 0. The monoisotopic (exact) mass is 347 g/mol. The number of rotatable bonds is 1. The van der Waals surface area contributed by atoms with Crippen molar-refractivity contribution >= 4 is 5.91 Å². The molecule has 0 aliphatic heterocycles. The van der Waals surface area contributed by atoms with E-state index in [9.17, 15) is 53.1 Å². The van der Waals surface area contributed by atoms with E-state index in [4.69, 9.17) is 0 Å². The fourth-order valence-corrected chi connectivity index (χ4v) is 1.28. The van der Waals surface area contributed by atoms with Crippen LogP contribution in [0.25, 0.3) is 0 Å².